The van der Waals surface area contributed by atoms with E-state index in [4.69, 9.17) is 4.42 Å². The minimum atomic E-state index is 0.979. The Balaban J connectivity index is 2.42. The van der Waals surface area contributed by atoms with Crippen LogP contribution in [0.25, 0.3) is 17.0 Å². The summed E-state index contributed by atoms with van der Waals surface area (Å²) in [6, 6.07) is 8.16. The molecule has 3 rings (SSSR count). The molecule has 63 valence electrons. The largest absolute Gasteiger partial charge is 0.460 e. The molecule has 0 aliphatic heterocycles. The van der Waals surface area contributed by atoms with Gasteiger partial charge in [-0.1, -0.05) is 18.2 Å². The number of allylic oxidation sites excluding steroid dienone is 1. The van der Waals surface area contributed by atoms with Crippen LogP contribution in [0.15, 0.2) is 28.7 Å². The van der Waals surface area contributed by atoms with E-state index in [0.717, 1.165) is 24.2 Å². The molecule has 13 heavy (non-hydrogen) atoms. The molecule has 1 heterocycles. The van der Waals surface area contributed by atoms with Crippen molar-refractivity contribution in [2.45, 2.75) is 12.8 Å². The van der Waals surface area contributed by atoms with Gasteiger partial charge in [0.25, 0.3) is 0 Å². The molecule has 0 saturated heterocycles. The van der Waals surface area contributed by atoms with Crippen molar-refractivity contribution in [1.82, 2.24) is 0 Å². The lowest BCUT2D eigenvalue weighted by molar-refractivity contribution is 0.545. The standard InChI is InChI=1S/C12H9O/c1-3-7-11-9(5-1)10-6-2-4-8-12(10)13-11/h1,3,5-7H,4,8H2. The van der Waals surface area contributed by atoms with Crippen molar-refractivity contribution in [3.05, 3.63) is 41.7 Å². The van der Waals surface area contributed by atoms with Crippen LogP contribution in [0.5, 0.6) is 0 Å². The van der Waals surface area contributed by atoms with Gasteiger partial charge in [-0.05, 0) is 24.6 Å². The second kappa shape index (κ2) is 2.49. The van der Waals surface area contributed by atoms with E-state index in [1.165, 1.54) is 10.9 Å². The lowest BCUT2D eigenvalue weighted by atomic mass is 10.0. The van der Waals surface area contributed by atoms with Crippen molar-refractivity contribution >= 4 is 17.0 Å². The highest BCUT2D eigenvalue weighted by Crippen LogP contribution is 2.30. The lowest BCUT2D eigenvalue weighted by Gasteiger charge is -2.00. The lowest BCUT2D eigenvalue weighted by Crippen LogP contribution is -1.88. The maximum Gasteiger partial charge on any atom is 0.134 e. The Labute approximate surface area is 76.7 Å². The number of benzene rings is 1. The summed E-state index contributed by atoms with van der Waals surface area (Å²) in [5.41, 5.74) is 2.22. The van der Waals surface area contributed by atoms with E-state index in [0.29, 0.717) is 0 Å². The first kappa shape index (κ1) is 6.96. The molecular formula is C12H9O. The molecule has 0 fully saturated rings. The Bertz CT molecular complexity index is 477. The smallest absolute Gasteiger partial charge is 0.134 e. The Kier molecular flexibility index (Phi) is 1.33. The fraction of sp³-hybridized carbons (Fsp3) is 0.167. The molecule has 2 aromatic rings. The molecule has 1 aromatic heterocycles. The van der Waals surface area contributed by atoms with Gasteiger partial charge in [-0.15, -0.1) is 0 Å². The number of fused-ring (bicyclic) bond motifs is 3. The molecule has 0 atom stereocenters. The van der Waals surface area contributed by atoms with E-state index in [1.807, 2.05) is 24.3 Å². The van der Waals surface area contributed by atoms with Crippen LogP contribution < -0.4 is 0 Å². The fourth-order valence-corrected chi connectivity index (χ4v) is 1.82. The molecule has 0 bridgehead atoms. The zero-order chi connectivity index (χ0) is 8.67. The summed E-state index contributed by atoms with van der Waals surface area (Å²) in [4.78, 5) is 0. The molecule has 1 heteroatoms. The molecule has 1 aliphatic carbocycles. The van der Waals surface area contributed by atoms with Crippen molar-refractivity contribution in [1.29, 1.82) is 0 Å². The maximum absolute atomic E-state index is 5.72. The second-order valence-corrected chi connectivity index (χ2v) is 3.28. The summed E-state index contributed by atoms with van der Waals surface area (Å²) >= 11 is 0. The van der Waals surface area contributed by atoms with E-state index in [9.17, 15) is 0 Å². The third-order valence-corrected chi connectivity index (χ3v) is 2.45. The first-order valence-electron chi connectivity index (χ1n) is 4.52. The Morgan fingerprint density at radius 2 is 2.15 bits per heavy atom. The van der Waals surface area contributed by atoms with Crippen LogP contribution in [0.1, 0.15) is 17.7 Å². The van der Waals surface area contributed by atoms with E-state index < -0.39 is 0 Å². The number of rotatable bonds is 0. The van der Waals surface area contributed by atoms with Gasteiger partial charge < -0.3 is 4.42 Å². The topological polar surface area (TPSA) is 13.1 Å². The van der Waals surface area contributed by atoms with Crippen molar-refractivity contribution in [2.75, 3.05) is 0 Å². The minimum Gasteiger partial charge on any atom is -0.460 e. The number of furan rings is 1. The predicted octanol–water partition coefficient (Wildman–Crippen LogP) is 3.20. The van der Waals surface area contributed by atoms with Crippen molar-refractivity contribution < 1.29 is 4.42 Å². The molecule has 0 N–H and O–H groups in total. The van der Waals surface area contributed by atoms with Gasteiger partial charge in [-0.2, -0.15) is 0 Å². The van der Waals surface area contributed by atoms with Gasteiger partial charge in [0.1, 0.15) is 11.3 Å². The van der Waals surface area contributed by atoms with Crippen molar-refractivity contribution in [3.63, 3.8) is 0 Å². The predicted molar refractivity (Wildman–Crippen MR) is 52.2 cm³/mol. The highest BCUT2D eigenvalue weighted by molar-refractivity contribution is 5.88. The highest BCUT2D eigenvalue weighted by atomic mass is 16.3. The van der Waals surface area contributed by atoms with Crippen molar-refractivity contribution in [3.8, 4) is 0 Å². The van der Waals surface area contributed by atoms with Crippen molar-refractivity contribution in [2.24, 2.45) is 0 Å². The summed E-state index contributed by atoms with van der Waals surface area (Å²) in [5, 5.41) is 1.21. The Hall–Kier alpha value is -1.50. The van der Waals surface area contributed by atoms with E-state index >= 15 is 0 Å². The van der Waals surface area contributed by atoms with Crippen LogP contribution in [-0.4, -0.2) is 0 Å². The van der Waals surface area contributed by atoms with Gasteiger partial charge >= 0.3 is 0 Å². The molecule has 1 nitrogen and oxygen atoms in total. The summed E-state index contributed by atoms with van der Waals surface area (Å²) in [7, 11) is 0. The number of hydrogen-bond donors (Lipinski definition) is 0. The SMILES string of the molecule is [C]1=Cc2c(oc3ccccc23)CC1. The molecular weight excluding hydrogens is 160 g/mol. The molecule has 0 unspecified atom stereocenters. The van der Waals surface area contributed by atoms with E-state index in [1.54, 1.807) is 0 Å². The monoisotopic (exact) mass is 169 g/mol. The Morgan fingerprint density at radius 1 is 1.23 bits per heavy atom. The van der Waals surface area contributed by atoms with E-state index in [-0.39, 0.29) is 0 Å². The van der Waals surface area contributed by atoms with Crippen LogP contribution in [0.2, 0.25) is 0 Å². The normalized spacial score (nSPS) is 14.8. The first-order valence-corrected chi connectivity index (χ1v) is 4.52. The quantitative estimate of drug-likeness (QED) is 0.590. The molecule has 1 aliphatic rings. The molecule has 1 aromatic carbocycles. The van der Waals surface area contributed by atoms with Crippen LogP contribution in [-0.2, 0) is 6.42 Å². The summed E-state index contributed by atoms with van der Waals surface area (Å²) in [6.45, 7) is 0. The van der Waals surface area contributed by atoms with Crippen LogP contribution >= 0.6 is 0 Å². The molecule has 0 amide bonds. The molecule has 0 spiro atoms. The summed E-state index contributed by atoms with van der Waals surface area (Å²) in [5.74, 6) is 1.11. The van der Waals surface area contributed by atoms with Gasteiger partial charge in [0.05, 0.1) is 0 Å². The maximum atomic E-state index is 5.72. The van der Waals surface area contributed by atoms with Gasteiger partial charge in [0.15, 0.2) is 0 Å². The Morgan fingerprint density at radius 3 is 3.15 bits per heavy atom. The third kappa shape index (κ3) is 0.934. The number of para-hydroxylation sites is 1. The van der Waals surface area contributed by atoms with Gasteiger partial charge in [0, 0.05) is 17.4 Å². The molecule has 0 saturated carbocycles. The average Bonchev–Trinajstić information content (AvgIpc) is 2.56. The van der Waals surface area contributed by atoms with Crippen LogP contribution in [0, 0.1) is 6.08 Å². The third-order valence-electron chi connectivity index (χ3n) is 2.45. The van der Waals surface area contributed by atoms with E-state index in [2.05, 4.69) is 12.1 Å². The molecule has 1 radical (unpaired) electrons. The average molecular weight is 169 g/mol. The fourth-order valence-electron chi connectivity index (χ4n) is 1.82. The highest BCUT2D eigenvalue weighted by Gasteiger charge is 2.13. The van der Waals surface area contributed by atoms with Gasteiger partial charge in [-0.25, -0.2) is 0 Å². The zero-order valence-electron chi connectivity index (χ0n) is 7.21. The number of aryl methyl sites for hydroxylation is 1. The summed E-state index contributed by atoms with van der Waals surface area (Å²) < 4.78 is 5.72. The minimum absolute atomic E-state index is 0.979. The first-order chi connectivity index (χ1) is 6.45. The second-order valence-electron chi connectivity index (χ2n) is 3.28. The number of hydrogen-bond acceptors (Lipinski definition) is 1. The summed E-state index contributed by atoms with van der Waals surface area (Å²) in [6.07, 6.45) is 7.25. The van der Waals surface area contributed by atoms with Crippen LogP contribution in [0.4, 0.5) is 0 Å². The van der Waals surface area contributed by atoms with Gasteiger partial charge in [0.2, 0.25) is 0 Å². The zero-order valence-corrected chi connectivity index (χ0v) is 7.21. The van der Waals surface area contributed by atoms with Crippen LogP contribution in [0.3, 0.4) is 0 Å². The van der Waals surface area contributed by atoms with Gasteiger partial charge in [-0.3, -0.25) is 0 Å².